The summed E-state index contributed by atoms with van der Waals surface area (Å²) in [6, 6.07) is 4.28. The van der Waals surface area contributed by atoms with Crippen LogP contribution in [0, 0.1) is 10.1 Å². The first-order valence-electron chi connectivity index (χ1n) is 6.08. The molecule has 0 amide bonds. The molecule has 114 valence electrons. The van der Waals surface area contributed by atoms with Gasteiger partial charge in [0.25, 0.3) is 5.69 Å². The van der Waals surface area contributed by atoms with Gasteiger partial charge in [0.1, 0.15) is 0 Å². The number of aromatic nitrogens is 2. The molecule has 0 fully saturated rings. The molecule has 0 aliphatic heterocycles. The predicted octanol–water partition coefficient (Wildman–Crippen LogP) is 0.774. The van der Waals surface area contributed by atoms with Crippen LogP contribution in [0.15, 0.2) is 18.2 Å². The van der Waals surface area contributed by atoms with Crippen molar-refractivity contribution in [2.45, 2.75) is 0 Å². The van der Waals surface area contributed by atoms with E-state index in [2.05, 4.69) is 15.3 Å². The fraction of sp³-hybridized carbons (Fsp3) is 0.364. The van der Waals surface area contributed by atoms with Crippen LogP contribution in [-0.4, -0.2) is 54.0 Å². The third-order valence-corrected chi connectivity index (χ3v) is 4.72. The number of nitro benzene ring substituents is 1. The van der Waals surface area contributed by atoms with E-state index in [4.69, 9.17) is 0 Å². The number of benzene rings is 1. The van der Waals surface area contributed by atoms with Crippen molar-refractivity contribution in [3.63, 3.8) is 0 Å². The molecule has 0 aliphatic rings. The normalized spacial score (nSPS) is 12.0. The molecule has 0 spiro atoms. The van der Waals surface area contributed by atoms with Gasteiger partial charge in [0.05, 0.1) is 21.7 Å². The lowest BCUT2D eigenvalue weighted by molar-refractivity contribution is -0.384. The number of hydrogen-bond acceptors (Lipinski definition) is 6. The molecular formula is C11H15N5O4S. The first-order chi connectivity index (χ1) is 9.79. The van der Waals surface area contributed by atoms with Gasteiger partial charge in [-0.3, -0.25) is 10.1 Å². The van der Waals surface area contributed by atoms with Crippen LogP contribution >= 0.6 is 0 Å². The zero-order valence-corrected chi connectivity index (χ0v) is 12.3. The monoisotopic (exact) mass is 313 g/mol. The Balaban J connectivity index is 2.08. The van der Waals surface area contributed by atoms with Crippen molar-refractivity contribution in [1.29, 1.82) is 0 Å². The number of hydrogen-bond donors (Lipinski definition) is 2. The highest BCUT2D eigenvalue weighted by Crippen LogP contribution is 2.20. The minimum atomic E-state index is -3.28. The van der Waals surface area contributed by atoms with Gasteiger partial charge >= 0.3 is 0 Å². The Bertz CT molecular complexity index is 768. The topological polar surface area (TPSA) is 121 Å². The van der Waals surface area contributed by atoms with Crippen molar-refractivity contribution >= 4 is 32.7 Å². The first-order valence-corrected chi connectivity index (χ1v) is 7.69. The molecular weight excluding hydrogens is 298 g/mol. The lowest BCUT2D eigenvalue weighted by Gasteiger charge is -2.10. The number of nitrogens with zero attached hydrogens (tertiary/aromatic N) is 3. The second-order valence-electron chi connectivity index (χ2n) is 4.57. The largest absolute Gasteiger partial charge is 0.355 e. The molecule has 2 rings (SSSR count). The number of nitrogens with one attached hydrogen (secondary N) is 2. The maximum absolute atomic E-state index is 11.6. The van der Waals surface area contributed by atoms with Crippen LogP contribution in [0.2, 0.25) is 0 Å². The molecule has 0 aliphatic carbocycles. The number of fused-ring (bicyclic) bond motifs is 1. The van der Waals surface area contributed by atoms with Gasteiger partial charge in [-0.1, -0.05) is 0 Å². The van der Waals surface area contributed by atoms with E-state index in [0.29, 0.717) is 17.0 Å². The SMILES string of the molecule is CN(C)S(=O)(=O)CCNc1nc2ccc([N+](=O)[O-])cc2[nH]1. The molecule has 1 heterocycles. The number of H-pyrrole nitrogens is 1. The summed E-state index contributed by atoms with van der Waals surface area (Å²) < 4.78 is 24.3. The van der Waals surface area contributed by atoms with Crippen molar-refractivity contribution in [3.05, 3.63) is 28.3 Å². The predicted molar refractivity (Wildman–Crippen MR) is 78.7 cm³/mol. The second kappa shape index (κ2) is 5.66. The molecule has 0 saturated heterocycles. The van der Waals surface area contributed by atoms with Crippen LogP contribution in [0.25, 0.3) is 11.0 Å². The van der Waals surface area contributed by atoms with E-state index in [1.807, 2.05) is 0 Å². The molecule has 9 nitrogen and oxygen atoms in total. The van der Waals surface area contributed by atoms with Crippen molar-refractivity contribution < 1.29 is 13.3 Å². The van der Waals surface area contributed by atoms with Crippen LogP contribution in [0.3, 0.4) is 0 Å². The third-order valence-electron chi connectivity index (χ3n) is 2.89. The fourth-order valence-corrected chi connectivity index (χ4v) is 2.40. The average molecular weight is 313 g/mol. The molecule has 1 aromatic heterocycles. The number of aromatic amines is 1. The molecule has 0 bridgehead atoms. The summed E-state index contributed by atoms with van der Waals surface area (Å²) in [4.78, 5) is 17.2. The van der Waals surface area contributed by atoms with Crippen LogP contribution in [0.5, 0.6) is 0 Å². The van der Waals surface area contributed by atoms with Crippen molar-refractivity contribution in [2.24, 2.45) is 0 Å². The van der Waals surface area contributed by atoms with E-state index < -0.39 is 14.9 Å². The van der Waals surface area contributed by atoms with E-state index in [9.17, 15) is 18.5 Å². The number of rotatable bonds is 6. The van der Waals surface area contributed by atoms with Crippen molar-refractivity contribution in [2.75, 3.05) is 31.7 Å². The Hall–Kier alpha value is -2.20. The molecule has 0 saturated carbocycles. The quantitative estimate of drug-likeness (QED) is 0.600. The standard InChI is InChI=1S/C11H15N5O4S/c1-15(2)21(19,20)6-5-12-11-13-9-4-3-8(16(17)18)7-10(9)14-11/h3-4,7H,5-6H2,1-2H3,(H2,12,13,14). The van der Waals surface area contributed by atoms with E-state index in [1.165, 1.54) is 32.3 Å². The van der Waals surface area contributed by atoms with Crippen molar-refractivity contribution in [1.82, 2.24) is 14.3 Å². The molecule has 0 unspecified atom stereocenters. The highest BCUT2D eigenvalue weighted by Gasteiger charge is 2.14. The molecule has 0 radical (unpaired) electrons. The summed E-state index contributed by atoms with van der Waals surface area (Å²) >= 11 is 0. The van der Waals surface area contributed by atoms with Gasteiger partial charge in [-0.05, 0) is 6.07 Å². The van der Waals surface area contributed by atoms with Crippen LogP contribution in [-0.2, 0) is 10.0 Å². The lowest BCUT2D eigenvalue weighted by atomic mass is 10.3. The Labute approximate surface area is 121 Å². The number of sulfonamides is 1. The van der Waals surface area contributed by atoms with Gasteiger partial charge in [-0.25, -0.2) is 17.7 Å². The first kappa shape index (κ1) is 15.2. The fourth-order valence-electron chi connectivity index (χ4n) is 1.68. The summed E-state index contributed by atoms with van der Waals surface area (Å²) in [6.07, 6.45) is 0. The zero-order chi connectivity index (χ0) is 15.6. The molecule has 21 heavy (non-hydrogen) atoms. The minimum Gasteiger partial charge on any atom is -0.355 e. The average Bonchev–Trinajstić information content (AvgIpc) is 2.79. The maximum Gasteiger partial charge on any atom is 0.271 e. The van der Waals surface area contributed by atoms with Crippen molar-refractivity contribution in [3.8, 4) is 0 Å². The third kappa shape index (κ3) is 3.47. The van der Waals surface area contributed by atoms with Gasteiger partial charge in [0.2, 0.25) is 16.0 Å². The molecule has 2 N–H and O–H groups in total. The summed E-state index contributed by atoms with van der Waals surface area (Å²) in [5.41, 5.74) is 1.05. The smallest absolute Gasteiger partial charge is 0.271 e. The highest BCUT2D eigenvalue weighted by molar-refractivity contribution is 7.89. The summed E-state index contributed by atoms with van der Waals surface area (Å²) in [6.45, 7) is 0.183. The molecule has 2 aromatic rings. The Morgan fingerprint density at radius 2 is 2.14 bits per heavy atom. The molecule has 0 atom stereocenters. The zero-order valence-electron chi connectivity index (χ0n) is 11.5. The number of anilines is 1. The van der Waals surface area contributed by atoms with E-state index in [1.54, 1.807) is 0 Å². The van der Waals surface area contributed by atoms with Gasteiger partial charge in [0, 0.05) is 32.8 Å². The van der Waals surface area contributed by atoms with Crippen LogP contribution < -0.4 is 5.32 Å². The van der Waals surface area contributed by atoms with Crippen LogP contribution in [0.1, 0.15) is 0 Å². The Morgan fingerprint density at radius 1 is 1.43 bits per heavy atom. The Morgan fingerprint density at radius 3 is 2.76 bits per heavy atom. The molecule has 1 aromatic carbocycles. The Kier molecular flexibility index (Phi) is 4.09. The summed E-state index contributed by atoms with van der Waals surface area (Å²) in [5.74, 6) is 0.302. The lowest BCUT2D eigenvalue weighted by Crippen LogP contribution is -2.28. The second-order valence-corrected chi connectivity index (χ2v) is 6.87. The number of non-ortho nitro benzene ring substituents is 1. The van der Waals surface area contributed by atoms with Gasteiger partial charge in [0.15, 0.2) is 0 Å². The van der Waals surface area contributed by atoms with E-state index in [-0.39, 0.29) is 18.0 Å². The number of nitro groups is 1. The van der Waals surface area contributed by atoms with E-state index in [0.717, 1.165) is 4.31 Å². The minimum absolute atomic E-state index is 0.0344. The maximum atomic E-state index is 11.6. The summed E-state index contributed by atoms with van der Waals surface area (Å²) in [7, 11) is -0.341. The number of imidazole rings is 1. The van der Waals surface area contributed by atoms with Crippen LogP contribution in [0.4, 0.5) is 11.6 Å². The van der Waals surface area contributed by atoms with Gasteiger partial charge < -0.3 is 10.3 Å². The van der Waals surface area contributed by atoms with Gasteiger partial charge in [-0.2, -0.15) is 0 Å². The van der Waals surface area contributed by atoms with E-state index >= 15 is 0 Å². The molecule has 10 heteroatoms. The summed E-state index contributed by atoms with van der Waals surface area (Å²) in [5, 5.41) is 13.5. The van der Waals surface area contributed by atoms with Gasteiger partial charge in [-0.15, -0.1) is 0 Å². The highest BCUT2D eigenvalue weighted by atomic mass is 32.2.